The quantitative estimate of drug-likeness (QED) is 0.649. The van der Waals surface area contributed by atoms with E-state index in [-0.39, 0.29) is 11.5 Å². The van der Waals surface area contributed by atoms with Crippen LogP contribution in [0.25, 0.3) is 10.9 Å². The monoisotopic (exact) mass is 328 g/mol. The van der Waals surface area contributed by atoms with E-state index in [1.807, 2.05) is 6.07 Å². The van der Waals surface area contributed by atoms with E-state index >= 15 is 0 Å². The zero-order valence-corrected chi connectivity index (χ0v) is 13.1. The van der Waals surface area contributed by atoms with Crippen molar-refractivity contribution in [2.24, 2.45) is 0 Å². The molecule has 0 amide bonds. The molecule has 0 fully saturated rings. The SMILES string of the molecule is COc1ccc2c(CNCc3ccccc3F)c(C(=O)O)[nH]c2c1. The van der Waals surface area contributed by atoms with Crippen LogP contribution < -0.4 is 10.1 Å². The van der Waals surface area contributed by atoms with Gasteiger partial charge in [0.25, 0.3) is 0 Å². The lowest BCUT2D eigenvalue weighted by atomic mass is 10.1. The van der Waals surface area contributed by atoms with Crippen molar-refractivity contribution in [3.8, 4) is 5.75 Å². The summed E-state index contributed by atoms with van der Waals surface area (Å²) >= 11 is 0. The van der Waals surface area contributed by atoms with Crippen molar-refractivity contribution in [1.82, 2.24) is 10.3 Å². The van der Waals surface area contributed by atoms with Gasteiger partial charge in [-0.2, -0.15) is 0 Å². The highest BCUT2D eigenvalue weighted by Gasteiger charge is 2.17. The van der Waals surface area contributed by atoms with Crippen LogP contribution in [0.15, 0.2) is 42.5 Å². The molecule has 0 unspecified atom stereocenters. The molecule has 0 bridgehead atoms. The lowest BCUT2D eigenvalue weighted by Gasteiger charge is -2.07. The average Bonchev–Trinajstić information content (AvgIpc) is 2.94. The molecule has 0 saturated carbocycles. The van der Waals surface area contributed by atoms with E-state index in [0.717, 1.165) is 5.39 Å². The van der Waals surface area contributed by atoms with Crippen molar-refractivity contribution < 1.29 is 19.0 Å². The first-order valence-electron chi connectivity index (χ1n) is 7.46. The van der Waals surface area contributed by atoms with Gasteiger partial charge in [0.1, 0.15) is 17.3 Å². The first kappa shape index (κ1) is 16.0. The molecule has 0 aliphatic rings. The van der Waals surface area contributed by atoms with E-state index in [9.17, 15) is 14.3 Å². The van der Waals surface area contributed by atoms with Gasteiger partial charge in [0, 0.05) is 35.7 Å². The van der Waals surface area contributed by atoms with Crippen LogP contribution in [0.4, 0.5) is 4.39 Å². The molecule has 0 spiro atoms. The van der Waals surface area contributed by atoms with Gasteiger partial charge in [-0.1, -0.05) is 18.2 Å². The number of H-pyrrole nitrogens is 1. The Morgan fingerprint density at radius 3 is 2.75 bits per heavy atom. The van der Waals surface area contributed by atoms with Crippen LogP contribution in [0.1, 0.15) is 21.6 Å². The van der Waals surface area contributed by atoms with Crippen LogP contribution >= 0.6 is 0 Å². The Morgan fingerprint density at radius 1 is 1.25 bits per heavy atom. The average molecular weight is 328 g/mol. The summed E-state index contributed by atoms with van der Waals surface area (Å²) in [7, 11) is 1.55. The summed E-state index contributed by atoms with van der Waals surface area (Å²) < 4.78 is 18.8. The standard InChI is InChI=1S/C18H17FN2O3/c1-24-12-6-7-13-14(17(18(22)23)21-16(13)8-12)10-20-9-11-4-2-3-5-15(11)19/h2-8,20-21H,9-10H2,1H3,(H,22,23). The topological polar surface area (TPSA) is 74.3 Å². The molecule has 124 valence electrons. The minimum atomic E-state index is -1.03. The highest BCUT2D eigenvalue weighted by molar-refractivity contribution is 5.97. The van der Waals surface area contributed by atoms with E-state index in [2.05, 4.69) is 10.3 Å². The minimum Gasteiger partial charge on any atom is -0.497 e. The lowest BCUT2D eigenvalue weighted by Crippen LogP contribution is -2.15. The second-order valence-corrected chi connectivity index (χ2v) is 5.39. The maximum absolute atomic E-state index is 13.6. The van der Waals surface area contributed by atoms with Gasteiger partial charge >= 0.3 is 5.97 Å². The summed E-state index contributed by atoms with van der Waals surface area (Å²) in [5.74, 6) is -0.675. The van der Waals surface area contributed by atoms with Gasteiger partial charge in [0.15, 0.2) is 0 Å². The fourth-order valence-corrected chi connectivity index (χ4v) is 2.69. The first-order chi connectivity index (χ1) is 11.6. The number of aromatic carboxylic acids is 1. The number of carboxylic acids is 1. The molecule has 5 nitrogen and oxygen atoms in total. The number of benzene rings is 2. The number of fused-ring (bicyclic) bond motifs is 1. The van der Waals surface area contributed by atoms with Crippen molar-refractivity contribution in [2.75, 3.05) is 7.11 Å². The number of aromatic amines is 1. The Kier molecular flexibility index (Phi) is 4.48. The molecule has 0 radical (unpaired) electrons. The van der Waals surface area contributed by atoms with Gasteiger partial charge < -0.3 is 20.1 Å². The lowest BCUT2D eigenvalue weighted by molar-refractivity contribution is 0.0690. The molecule has 24 heavy (non-hydrogen) atoms. The van der Waals surface area contributed by atoms with Gasteiger partial charge in [0.2, 0.25) is 0 Å². The van der Waals surface area contributed by atoms with Crippen LogP contribution in [0, 0.1) is 5.82 Å². The smallest absolute Gasteiger partial charge is 0.352 e. The third-order valence-corrected chi connectivity index (χ3v) is 3.90. The molecule has 0 saturated heterocycles. The molecule has 1 heterocycles. The number of carboxylic acid groups (broad SMARTS) is 1. The molecule has 3 N–H and O–H groups in total. The maximum atomic E-state index is 13.6. The third-order valence-electron chi connectivity index (χ3n) is 3.90. The van der Waals surface area contributed by atoms with E-state index < -0.39 is 5.97 Å². The van der Waals surface area contributed by atoms with Crippen LogP contribution in [0.3, 0.4) is 0 Å². The summed E-state index contributed by atoms with van der Waals surface area (Å²) in [5, 5.41) is 13.3. The molecular formula is C18H17FN2O3. The van der Waals surface area contributed by atoms with Crippen molar-refractivity contribution in [3.63, 3.8) is 0 Å². The zero-order valence-electron chi connectivity index (χ0n) is 13.1. The highest BCUT2D eigenvalue weighted by Crippen LogP contribution is 2.26. The fourth-order valence-electron chi connectivity index (χ4n) is 2.69. The molecule has 1 aromatic heterocycles. The minimum absolute atomic E-state index is 0.124. The molecule has 3 aromatic rings. The number of hydrogen-bond donors (Lipinski definition) is 3. The Labute approximate surface area is 138 Å². The van der Waals surface area contributed by atoms with E-state index in [0.29, 0.717) is 35.5 Å². The normalized spacial score (nSPS) is 10.9. The number of halogens is 1. The number of carbonyl (C=O) groups is 1. The number of methoxy groups -OCH3 is 1. The molecule has 2 aromatic carbocycles. The van der Waals surface area contributed by atoms with Crippen molar-refractivity contribution in [2.45, 2.75) is 13.1 Å². The van der Waals surface area contributed by atoms with Crippen molar-refractivity contribution in [1.29, 1.82) is 0 Å². The summed E-state index contributed by atoms with van der Waals surface area (Å²) in [4.78, 5) is 14.4. The summed E-state index contributed by atoms with van der Waals surface area (Å²) in [6.07, 6.45) is 0. The van der Waals surface area contributed by atoms with Crippen molar-refractivity contribution >= 4 is 16.9 Å². The third kappa shape index (κ3) is 3.09. The van der Waals surface area contributed by atoms with Gasteiger partial charge in [-0.05, 0) is 18.2 Å². The second-order valence-electron chi connectivity index (χ2n) is 5.39. The first-order valence-corrected chi connectivity index (χ1v) is 7.46. The second kappa shape index (κ2) is 6.72. The Balaban J connectivity index is 1.86. The predicted molar refractivity (Wildman–Crippen MR) is 88.8 cm³/mol. The molecule has 6 heteroatoms. The van der Waals surface area contributed by atoms with Gasteiger partial charge in [-0.3, -0.25) is 0 Å². The molecule has 3 rings (SSSR count). The largest absolute Gasteiger partial charge is 0.497 e. The van der Waals surface area contributed by atoms with Crippen molar-refractivity contribution in [3.05, 3.63) is 65.1 Å². The van der Waals surface area contributed by atoms with Gasteiger partial charge in [-0.15, -0.1) is 0 Å². The molecule has 0 aliphatic carbocycles. The number of aromatic nitrogens is 1. The molecular weight excluding hydrogens is 311 g/mol. The summed E-state index contributed by atoms with van der Waals surface area (Å²) in [6.45, 7) is 0.622. The van der Waals surface area contributed by atoms with E-state index in [1.165, 1.54) is 6.07 Å². The van der Waals surface area contributed by atoms with Gasteiger partial charge in [0.05, 0.1) is 12.6 Å². The van der Waals surface area contributed by atoms with Gasteiger partial charge in [-0.25, -0.2) is 9.18 Å². The summed E-state index contributed by atoms with van der Waals surface area (Å²) in [6, 6.07) is 11.8. The Hall–Kier alpha value is -2.86. The molecule has 0 aliphatic heterocycles. The number of rotatable bonds is 6. The number of nitrogens with one attached hydrogen (secondary N) is 2. The number of ether oxygens (including phenoxy) is 1. The number of hydrogen-bond acceptors (Lipinski definition) is 3. The van der Waals surface area contributed by atoms with Crippen LogP contribution in [-0.2, 0) is 13.1 Å². The Bertz CT molecular complexity index is 889. The summed E-state index contributed by atoms with van der Waals surface area (Å²) in [5.41, 5.74) is 1.99. The zero-order chi connectivity index (χ0) is 17.1. The Morgan fingerprint density at radius 2 is 2.04 bits per heavy atom. The maximum Gasteiger partial charge on any atom is 0.352 e. The molecule has 0 atom stereocenters. The predicted octanol–water partition coefficient (Wildman–Crippen LogP) is 3.30. The van der Waals surface area contributed by atoms with Crippen LogP contribution in [0.5, 0.6) is 5.75 Å². The van der Waals surface area contributed by atoms with E-state index in [4.69, 9.17) is 4.74 Å². The highest BCUT2D eigenvalue weighted by atomic mass is 19.1. The van der Waals surface area contributed by atoms with Crippen LogP contribution in [0.2, 0.25) is 0 Å². The van der Waals surface area contributed by atoms with E-state index in [1.54, 1.807) is 37.4 Å². The van der Waals surface area contributed by atoms with Crippen LogP contribution in [-0.4, -0.2) is 23.2 Å². The fraction of sp³-hybridized carbons (Fsp3) is 0.167.